The van der Waals surface area contributed by atoms with E-state index >= 15 is 0 Å². The maximum absolute atomic E-state index is 6.14. The molecule has 0 saturated heterocycles. The molecule has 2 aromatic carbocycles. The molecule has 5 heteroatoms. The lowest BCUT2D eigenvalue weighted by Crippen LogP contribution is -2.13. The van der Waals surface area contributed by atoms with E-state index in [2.05, 4.69) is 16.9 Å². The number of nitrogen functional groups attached to an aromatic ring is 1. The van der Waals surface area contributed by atoms with Gasteiger partial charge in [-0.05, 0) is 42.3 Å². The smallest absolute Gasteiger partial charge is 0.223 e. The molecule has 3 aromatic rings. The molecule has 0 aliphatic carbocycles. The third kappa shape index (κ3) is 3.37. The van der Waals surface area contributed by atoms with Crippen molar-refractivity contribution in [2.24, 2.45) is 0 Å². The number of anilines is 1. The van der Waals surface area contributed by atoms with Gasteiger partial charge >= 0.3 is 0 Å². The van der Waals surface area contributed by atoms with E-state index in [1.807, 2.05) is 48.5 Å². The van der Waals surface area contributed by atoms with Crippen molar-refractivity contribution in [3.05, 3.63) is 59.5 Å². The zero-order chi connectivity index (χ0) is 16.2. The summed E-state index contributed by atoms with van der Waals surface area (Å²) in [7, 11) is 0. The number of rotatable bonds is 5. The number of nitrogens with two attached hydrogens (primary N) is 1. The van der Waals surface area contributed by atoms with Crippen LogP contribution in [0.15, 0.2) is 48.5 Å². The van der Waals surface area contributed by atoms with E-state index in [-0.39, 0.29) is 11.2 Å². The van der Waals surface area contributed by atoms with Gasteiger partial charge in [-0.25, -0.2) is 9.97 Å². The molecule has 23 heavy (non-hydrogen) atoms. The normalized spacial score (nSPS) is 12.3. The first-order valence-corrected chi connectivity index (χ1v) is 7.96. The lowest BCUT2D eigenvalue weighted by Gasteiger charge is -2.18. The Hall–Kier alpha value is -2.33. The second-order valence-corrected chi connectivity index (χ2v) is 5.69. The quantitative estimate of drug-likeness (QED) is 0.556. The molecule has 1 unspecified atom stereocenters. The summed E-state index contributed by atoms with van der Waals surface area (Å²) in [6, 6.07) is 15.4. The van der Waals surface area contributed by atoms with Crippen molar-refractivity contribution in [3.8, 4) is 5.75 Å². The number of nitrogens with zero attached hydrogens (tertiary/aromatic N) is 2. The van der Waals surface area contributed by atoms with Crippen molar-refractivity contribution < 1.29 is 4.74 Å². The van der Waals surface area contributed by atoms with Gasteiger partial charge in [-0.1, -0.05) is 31.2 Å². The van der Waals surface area contributed by atoms with Gasteiger partial charge in [-0.3, -0.25) is 0 Å². The van der Waals surface area contributed by atoms with Crippen LogP contribution in [0.2, 0.25) is 5.28 Å². The second-order valence-electron chi connectivity index (χ2n) is 5.35. The summed E-state index contributed by atoms with van der Waals surface area (Å²) in [4.78, 5) is 8.71. The number of ether oxygens (including phenoxy) is 1. The number of halogens is 1. The van der Waals surface area contributed by atoms with E-state index in [4.69, 9.17) is 22.1 Å². The number of fused-ring (bicyclic) bond motifs is 1. The minimum absolute atomic E-state index is 0.0860. The third-order valence-electron chi connectivity index (χ3n) is 3.83. The number of benzene rings is 2. The highest BCUT2D eigenvalue weighted by Crippen LogP contribution is 2.31. The first-order valence-electron chi connectivity index (χ1n) is 7.58. The molecule has 0 bridgehead atoms. The summed E-state index contributed by atoms with van der Waals surface area (Å²) < 4.78 is 5.90. The Morgan fingerprint density at radius 2 is 1.87 bits per heavy atom. The van der Waals surface area contributed by atoms with Crippen LogP contribution in [0.5, 0.6) is 5.75 Å². The van der Waals surface area contributed by atoms with Gasteiger partial charge in [0, 0.05) is 17.0 Å². The molecule has 118 valence electrons. The molecule has 1 heterocycles. The number of para-hydroxylation sites is 1. The van der Waals surface area contributed by atoms with Gasteiger partial charge < -0.3 is 10.5 Å². The molecular formula is C18H18ClN3O. The maximum Gasteiger partial charge on any atom is 0.223 e. The summed E-state index contributed by atoms with van der Waals surface area (Å²) in [5.74, 6) is 0.922. The first-order chi connectivity index (χ1) is 11.2. The van der Waals surface area contributed by atoms with Gasteiger partial charge in [0.1, 0.15) is 5.75 Å². The van der Waals surface area contributed by atoms with Crippen molar-refractivity contribution in [3.63, 3.8) is 0 Å². The molecule has 0 aliphatic rings. The Morgan fingerprint density at radius 1 is 1.09 bits per heavy atom. The van der Waals surface area contributed by atoms with Crippen LogP contribution < -0.4 is 10.5 Å². The van der Waals surface area contributed by atoms with E-state index < -0.39 is 0 Å². The predicted octanol–water partition coefficient (Wildman–Crippen LogP) is 4.44. The van der Waals surface area contributed by atoms with Gasteiger partial charge in [-0.2, -0.15) is 0 Å². The predicted molar refractivity (Wildman–Crippen MR) is 93.9 cm³/mol. The van der Waals surface area contributed by atoms with Crippen molar-refractivity contribution >= 4 is 28.2 Å². The van der Waals surface area contributed by atoms with Crippen LogP contribution in [0.4, 0.5) is 5.69 Å². The van der Waals surface area contributed by atoms with Crippen LogP contribution in [-0.4, -0.2) is 16.6 Å². The van der Waals surface area contributed by atoms with Gasteiger partial charge in [0.05, 0.1) is 17.8 Å². The monoisotopic (exact) mass is 327 g/mol. The minimum Gasteiger partial charge on any atom is -0.493 e. The number of hydrogen-bond donors (Lipinski definition) is 1. The highest BCUT2D eigenvalue weighted by Gasteiger charge is 2.19. The fourth-order valence-corrected chi connectivity index (χ4v) is 2.79. The topological polar surface area (TPSA) is 61.0 Å². The molecule has 0 amide bonds. The van der Waals surface area contributed by atoms with Crippen molar-refractivity contribution in [2.75, 3.05) is 12.3 Å². The third-order valence-corrected chi connectivity index (χ3v) is 4.00. The van der Waals surface area contributed by atoms with E-state index in [0.717, 1.165) is 28.8 Å². The van der Waals surface area contributed by atoms with Gasteiger partial charge in [0.15, 0.2) is 0 Å². The minimum atomic E-state index is 0.0860. The second kappa shape index (κ2) is 6.84. The fourth-order valence-electron chi connectivity index (χ4n) is 2.61. The number of hydrogen-bond acceptors (Lipinski definition) is 4. The van der Waals surface area contributed by atoms with Crippen LogP contribution in [0.3, 0.4) is 0 Å². The summed E-state index contributed by atoms with van der Waals surface area (Å²) >= 11 is 6.09. The molecule has 1 aromatic heterocycles. The molecular weight excluding hydrogens is 310 g/mol. The standard InChI is InChI=1S/C18H18ClN3O/c1-2-12(11-23-13-7-4-3-5-8-13)17-16-14(20)9-6-10-15(16)21-18(19)22-17/h3-10,12H,2,11,20H2,1H3. The highest BCUT2D eigenvalue weighted by atomic mass is 35.5. The first kappa shape index (κ1) is 15.6. The molecule has 2 N–H and O–H groups in total. The van der Waals surface area contributed by atoms with Crippen LogP contribution in [-0.2, 0) is 0 Å². The Balaban J connectivity index is 1.96. The Kier molecular flexibility index (Phi) is 4.63. The zero-order valence-electron chi connectivity index (χ0n) is 12.9. The molecule has 0 fully saturated rings. The average Bonchev–Trinajstić information content (AvgIpc) is 2.56. The van der Waals surface area contributed by atoms with Gasteiger partial charge in [0.25, 0.3) is 0 Å². The number of aromatic nitrogens is 2. The van der Waals surface area contributed by atoms with Crippen LogP contribution >= 0.6 is 11.6 Å². The molecule has 3 rings (SSSR count). The van der Waals surface area contributed by atoms with Crippen molar-refractivity contribution in [1.82, 2.24) is 9.97 Å². The molecule has 0 aliphatic heterocycles. The molecule has 0 saturated carbocycles. The SMILES string of the molecule is CCC(COc1ccccc1)c1nc(Cl)nc2cccc(N)c12. The van der Waals surface area contributed by atoms with E-state index in [9.17, 15) is 0 Å². The summed E-state index contributed by atoms with van der Waals surface area (Å²) in [6.45, 7) is 2.61. The molecule has 1 atom stereocenters. The zero-order valence-corrected chi connectivity index (χ0v) is 13.6. The van der Waals surface area contributed by atoms with Crippen molar-refractivity contribution in [2.45, 2.75) is 19.3 Å². The largest absolute Gasteiger partial charge is 0.493 e. The summed E-state index contributed by atoms with van der Waals surface area (Å²) in [5, 5.41) is 1.09. The highest BCUT2D eigenvalue weighted by molar-refractivity contribution is 6.28. The Labute approximate surface area is 140 Å². The van der Waals surface area contributed by atoms with E-state index in [1.165, 1.54) is 0 Å². The molecule has 0 spiro atoms. The van der Waals surface area contributed by atoms with Gasteiger partial charge in [-0.15, -0.1) is 0 Å². The average molecular weight is 328 g/mol. The van der Waals surface area contributed by atoms with Crippen molar-refractivity contribution in [1.29, 1.82) is 0 Å². The summed E-state index contributed by atoms with van der Waals surface area (Å²) in [5.41, 5.74) is 8.41. The fraction of sp³-hybridized carbons (Fsp3) is 0.222. The Morgan fingerprint density at radius 3 is 2.61 bits per heavy atom. The van der Waals surface area contributed by atoms with Gasteiger partial charge in [0.2, 0.25) is 5.28 Å². The molecule has 4 nitrogen and oxygen atoms in total. The summed E-state index contributed by atoms with van der Waals surface area (Å²) in [6.07, 6.45) is 0.865. The van der Waals surface area contributed by atoms with Crippen LogP contribution in [0.25, 0.3) is 10.9 Å². The van der Waals surface area contributed by atoms with Crippen LogP contribution in [0.1, 0.15) is 25.0 Å². The van der Waals surface area contributed by atoms with E-state index in [0.29, 0.717) is 12.3 Å². The Bertz CT molecular complexity index is 808. The van der Waals surface area contributed by atoms with Crippen LogP contribution in [0, 0.1) is 0 Å². The lowest BCUT2D eigenvalue weighted by atomic mass is 9.98. The maximum atomic E-state index is 6.14. The van der Waals surface area contributed by atoms with E-state index in [1.54, 1.807) is 0 Å². The lowest BCUT2D eigenvalue weighted by molar-refractivity contribution is 0.283. The molecule has 0 radical (unpaired) electrons.